The third-order valence-electron chi connectivity index (χ3n) is 5.66. The summed E-state index contributed by atoms with van der Waals surface area (Å²) in [5, 5.41) is 2.24. The van der Waals surface area contributed by atoms with E-state index in [1.807, 2.05) is 48.5 Å². The van der Waals surface area contributed by atoms with Crippen LogP contribution in [-0.2, 0) is 15.1 Å². The second-order valence-electron chi connectivity index (χ2n) is 7.47. The van der Waals surface area contributed by atoms with Gasteiger partial charge in [-0.25, -0.2) is 4.79 Å². The minimum atomic E-state index is -1.04. The summed E-state index contributed by atoms with van der Waals surface area (Å²) < 4.78 is 6.36. The number of carbonyl (C=O) groups excluding carboxylic acids is 1. The zero-order valence-electron chi connectivity index (χ0n) is 16.2. The molecule has 0 bridgehead atoms. The highest BCUT2D eigenvalue weighted by atomic mass is 16.6. The van der Waals surface area contributed by atoms with Crippen LogP contribution in [0.3, 0.4) is 0 Å². The van der Waals surface area contributed by atoms with Crippen molar-refractivity contribution in [2.75, 3.05) is 0 Å². The Bertz CT molecular complexity index is 1260. The Hall–Kier alpha value is -3.65. The predicted octanol–water partition coefficient (Wildman–Crippen LogP) is 6.23. The van der Waals surface area contributed by atoms with E-state index in [0.717, 1.165) is 38.6 Å². The maximum atomic E-state index is 12.9. The number of esters is 1. The molecule has 29 heavy (non-hydrogen) atoms. The molecular formula is C27H20O2. The van der Waals surface area contributed by atoms with Crippen LogP contribution < -0.4 is 0 Å². The number of rotatable bonds is 3. The van der Waals surface area contributed by atoms with E-state index >= 15 is 0 Å². The monoisotopic (exact) mass is 376 g/mol. The van der Waals surface area contributed by atoms with Crippen LogP contribution in [0.2, 0.25) is 0 Å². The Kier molecular flexibility index (Phi) is 3.88. The lowest BCUT2D eigenvalue weighted by atomic mass is 9.70. The molecule has 0 N–H and O–H groups in total. The first-order valence-corrected chi connectivity index (χ1v) is 9.69. The Morgan fingerprint density at radius 3 is 2.14 bits per heavy atom. The van der Waals surface area contributed by atoms with Gasteiger partial charge in [0.1, 0.15) is 0 Å². The third kappa shape index (κ3) is 2.46. The highest BCUT2D eigenvalue weighted by Gasteiger charge is 2.46. The van der Waals surface area contributed by atoms with Crippen molar-refractivity contribution in [2.45, 2.75) is 12.5 Å². The number of ether oxygens (including phenoxy) is 1. The first-order chi connectivity index (χ1) is 14.1. The van der Waals surface area contributed by atoms with E-state index in [1.54, 1.807) is 6.92 Å². The molecule has 0 aromatic heterocycles. The van der Waals surface area contributed by atoms with Gasteiger partial charge >= 0.3 is 5.97 Å². The van der Waals surface area contributed by atoms with Gasteiger partial charge in [-0.1, -0.05) is 97.6 Å². The van der Waals surface area contributed by atoms with E-state index in [0.29, 0.717) is 5.57 Å². The fraction of sp³-hybridized carbons (Fsp3) is 0.0741. The van der Waals surface area contributed by atoms with Crippen LogP contribution in [0, 0.1) is 0 Å². The van der Waals surface area contributed by atoms with Gasteiger partial charge in [-0.15, -0.1) is 0 Å². The zero-order valence-corrected chi connectivity index (χ0v) is 16.2. The average molecular weight is 376 g/mol. The van der Waals surface area contributed by atoms with E-state index in [2.05, 4.69) is 49.0 Å². The lowest BCUT2D eigenvalue weighted by Crippen LogP contribution is -2.37. The first kappa shape index (κ1) is 17.4. The summed E-state index contributed by atoms with van der Waals surface area (Å²) in [6, 6.07) is 30.7. The van der Waals surface area contributed by atoms with Crippen molar-refractivity contribution in [1.29, 1.82) is 0 Å². The van der Waals surface area contributed by atoms with Crippen LogP contribution in [0.15, 0.2) is 103 Å². The smallest absolute Gasteiger partial charge is 0.334 e. The van der Waals surface area contributed by atoms with Gasteiger partial charge in [0.15, 0.2) is 5.60 Å². The van der Waals surface area contributed by atoms with E-state index < -0.39 is 11.6 Å². The number of benzene rings is 4. The Labute approximate surface area is 170 Å². The fourth-order valence-corrected chi connectivity index (χ4v) is 4.41. The molecule has 140 valence electrons. The van der Waals surface area contributed by atoms with E-state index in [4.69, 9.17) is 4.74 Å². The van der Waals surface area contributed by atoms with Crippen molar-refractivity contribution in [2.24, 2.45) is 0 Å². The van der Waals surface area contributed by atoms with Crippen LogP contribution in [0.4, 0.5) is 0 Å². The summed E-state index contributed by atoms with van der Waals surface area (Å²) in [6.45, 7) is 5.50. The standard InChI is InChI=1S/C27H20O2/c1-18(2)26(28)29-27(20-12-4-3-5-13-20)23-16-7-6-14-21(23)22-15-8-10-19-11-9-17-24(27)25(19)22/h3-17H,1H2,2H3. The Balaban J connectivity index is 1.98. The van der Waals surface area contributed by atoms with Gasteiger partial charge in [0.25, 0.3) is 0 Å². The quantitative estimate of drug-likeness (QED) is 0.313. The predicted molar refractivity (Wildman–Crippen MR) is 117 cm³/mol. The van der Waals surface area contributed by atoms with Crippen molar-refractivity contribution in [1.82, 2.24) is 0 Å². The average Bonchev–Trinajstić information content (AvgIpc) is 2.77. The molecule has 0 fully saturated rings. The van der Waals surface area contributed by atoms with Crippen molar-refractivity contribution in [3.63, 3.8) is 0 Å². The van der Waals surface area contributed by atoms with E-state index in [1.165, 1.54) is 0 Å². The molecule has 0 saturated heterocycles. The number of fused-ring (bicyclic) bond motifs is 2. The normalized spacial score (nSPS) is 16.9. The highest BCUT2D eigenvalue weighted by Crippen LogP contribution is 2.52. The Morgan fingerprint density at radius 2 is 1.38 bits per heavy atom. The van der Waals surface area contributed by atoms with Crippen molar-refractivity contribution < 1.29 is 9.53 Å². The minimum Gasteiger partial charge on any atom is -0.441 e. The fourth-order valence-electron chi connectivity index (χ4n) is 4.41. The molecule has 0 radical (unpaired) electrons. The van der Waals surface area contributed by atoms with Crippen molar-refractivity contribution in [3.05, 3.63) is 120 Å². The number of carbonyl (C=O) groups is 1. The van der Waals surface area contributed by atoms with Gasteiger partial charge in [0.2, 0.25) is 0 Å². The van der Waals surface area contributed by atoms with Crippen LogP contribution in [-0.4, -0.2) is 5.97 Å². The van der Waals surface area contributed by atoms with Crippen molar-refractivity contribution in [3.8, 4) is 11.1 Å². The van der Waals surface area contributed by atoms with Gasteiger partial charge in [0, 0.05) is 22.3 Å². The minimum absolute atomic E-state index is 0.379. The summed E-state index contributed by atoms with van der Waals surface area (Å²) in [7, 11) is 0. The number of hydrogen-bond acceptors (Lipinski definition) is 2. The molecule has 0 saturated carbocycles. The van der Waals surface area contributed by atoms with E-state index in [9.17, 15) is 4.79 Å². The molecule has 0 spiro atoms. The topological polar surface area (TPSA) is 26.3 Å². The molecule has 4 aromatic rings. The van der Waals surface area contributed by atoms with Gasteiger partial charge in [-0.3, -0.25) is 0 Å². The molecule has 0 heterocycles. The largest absolute Gasteiger partial charge is 0.441 e. The molecule has 1 aliphatic rings. The molecule has 5 rings (SSSR count). The second-order valence-corrected chi connectivity index (χ2v) is 7.47. The lowest BCUT2D eigenvalue weighted by molar-refractivity contribution is -0.148. The first-order valence-electron chi connectivity index (χ1n) is 9.69. The van der Waals surface area contributed by atoms with Crippen LogP contribution in [0.1, 0.15) is 23.6 Å². The molecule has 0 amide bonds. The SMILES string of the molecule is C=C(C)C(=O)OC1(c2ccccc2)c2ccccc2-c2cccc3cccc1c23. The van der Waals surface area contributed by atoms with Crippen molar-refractivity contribution >= 4 is 16.7 Å². The molecule has 1 aliphatic carbocycles. The zero-order chi connectivity index (χ0) is 20.0. The summed E-state index contributed by atoms with van der Waals surface area (Å²) in [6.07, 6.45) is 0. The van der Waals surface area contributed by atoms with Gasteiger partial charge in [-0.2, -0.15) is 0 Å². The molecule has 1 unspecified atom stereocenters. The summed E-state index contributed by atoms with van der Waals surface area (Å²) >= 11 is 0. The molecule has 1 atom stereocenters. The van der Waals surface area contributed by atoms with Crippen LogP contribution >= 0.6 is 0 Å². The van der Waals surface area contributed by atoms with E-state index in [-0.39, 0.29) is 0 Å². The van der Waals surface area contributed by atoms with Gasteiger partial charge < -0.3 is 4.74 Å². The molecule has 4 aromatic carbocycles. The van der Waals surface area contributed by atoms with Gasteiger partial charge in [0.05, 0.1) is 0 Å². The molecule has 2 nitrogen and oxygen atoms in total. The summed E-state index contributed by atoms with van der Waals surface area (Å²) in [5.74, 6) is -0.403. The summed E-state index contributed by atoms with van der Waals surface area (Å²) in [4.78, 5) is 12.9. The molecule has 0 aliphatic heterocycles. The van der Waals surface area contributed by atoms with Crippen LogP contribution in [0.25, 0.3) is 21.9 Å². The molecular weight excluding hydrogens is 356 g/mol. The maximum absolute atomic E-state index is 12.9. The highest BCUT2D eigenvalue weighted by molar-refractivity contribution is 6.04. The molecule has 2 heteroatoms. The Morgan fingerprint density at radius 1 is 0.759 bits per heavy atom. The summed E-state index contributed by atoms with van der Waals surface area (Å²) in [5.41, 5.74) is 4.44. The maximum Gasteiger partial charge on any atom is 0.334 e. The van der Waals surface area contributed by atoms with Crippen LogP contribution in [0.5, 0.6) is 0 Å². The van der Waals surface area contributed by atoms with Gasteiger partial charge in [-0.05, 0) is 28.8 Å². The number of hydrogen-bond donors (Lipinski definition) is 0. The lowest BCUT2D eigenvalue weighted by Gasteiger charge is -2.40. The second kappa shape index (κ2) is 6.46. The third-order valence-corrected chi connectivity index (χ3v) is 5.66.